The predicted molar refractivity (Wildman–Crippen MR) is 103 cm³/mol. The normalized spacial score (nSPS) is 17.9. The van der Waals surface area contributed by atoms with Crippen LogP contribution in [0.1, 0.15) is 25.3 Å². The Morgan fingerprint density at radius 2 is 1.92 bits per heavy atom. The molecule has 0 spiro atoms. The highest BCUT2D eigenvalue weighted by Crippen LogP contribution is 2.38. The lowest BCUT2D eigenvalue weighted by Crippen LogP contribution is -2.39. The molecule has 1 amide bonds. The highest BCUT2D eigenvalue weighted by molar-refractivity contribution is 5.91. The quantitative estimate of drug-likeness (QED) is 0.720. The number of rotatable bonds is 8. The summed E-state index contributed by atoms with van der Waals surface area (Å²) in [5.74, 6) is 2.30. The first-order valence-electron chi connectivity index (χ1n) is 9.05. The SMILES string of the molecule is COc1cc(C=CC(=O)NCCN2CCCC(C)C2)cc(OC)c1OC. The first-order valence-corrected chi connectivity index (χ1v) is 9.05. The zero-order chi connectivity index (χ0) is 18.9. The fraction of sp³-hybridized carbons (Fsp3) is 0.550. The number of ether oxygens (including phenoxy) is 3. The molecule has 6 nitrogen and oxygen atoms in total. The van der Waals surface area contributed by atoms with E-state index in [1.54, 1.807) is 39.5 Å². The smallest absolute Gasteiger partial charge is 0.244 e. The van der Waals surface area contributed by atoms with Crippen LogP contribution < -0.4 is 19.5 Å². The van der Waals surface area contributed by atoms with Gasteiger partial charge >= 0.3 is 0 Å². The lowest BCUT2D eigenvalue weighted by molar-refractivity contribution is -0.116. The van der Waals surface area contributed by atoms with Gasteiger partial charge in [0.2, 0.25) is 11.7 Å². The number of likely N-dealkylation sites (tertiary alicyclic amines) is 1. The van der Waals surface area contributed by atoms with Gasteiger partial charge in [0.05, 0.1) is 21.3 Å². The summed E-state index contributed by atoms with van der Waals surface area (Å²) in [6, 6.07) is 3.61. The van der Waals surface area contributed by atoms with E-state index in [4.69, 9.17) is 14.2 Å². The maximum atomic E-state index is 12.1. The van der Waals surface area contributed by atoms with Crippen molar-refractivity contribution in [2.75, 3.05) is 47.5 Å². The van der Waals surface area contributed by atoms with Gasteiger partial charge in [-0.3, -0.25) is 4.79 Å². The number of piperidine rings is 1. The van der Waals surface area contributed by atoms with E-state index < -0.39 is 0 Å². The van der Waals surface area contributed by atoms with E-state index in [-0.39, 0.29) is 5.91 Å². The second kappa shape index (κ2) is 10.1. The first kappa shape index (κ1) is 20.1. The van der Waals surface area contributed by atoms with Gasteiger partial charge in [-0.05, 0) is 49.1 Å². The molecule has 0 radical (unpaired) electrons. The molecular weight excluding hydrogens is 332 g/mol. The summed E-state index contributed by atoms with van der Waals surface area (Å²) in [6.45, 7) is 6.09. The molecule has 1 aromatic carbocycles. The van der Waals surface area contributed by atoms with Gasteiger partial charge in [-0.2, -0.15) is 0 Å². The van der Waals surface area contributed by atoms with Crippen LogP contribution in [0.2, 0.25) is 0 Å². The topological polar surface area (TPSA) is 60.0 Å². The molecule has 0 aromatic heterocycles. The molecule has 6 heteroatoms. The number of nitrogens with one attached hydrogen (secondary N) is 1. The van der Waals surface area contributed by atoms with Crippen molar-refractivity contribution >= 4 is 12.0 Å². The molecule has 1 unspecified atom stereocenters. The third kappa shape index (κ3) is 5.66. The molecule has 1 heterocycles. The maximum absolute atomic E-state index is 12.1. The van der Waals surface area contributed by atoms with Crippen LogP contribution in [0.4, 0.5) is 0 Å². The van der Waals surface area contributed by atoms with E-state index in [0.29, 0.717) is 23.8 Å². The molecule has 1 fully saturated rings. The fourth-order valence-corrected chi connectivity index (χ4v) is 3.26. The zero-order valence-electron chi connectivity index (χ0n) is 16.2. The molecule has 0 saturated carbocycles. The van der Waals surface area contributed by atoms with Gasteiger partial charge in [-0.15, -0.1) is 0 Å². The Morgan fingerprint density at radius 3 is 2.50 bits per heavy atom. The predicted octanol–water partition coefficient (Wildman–Crippen LogP) is 2.57. The minimum absolute atomic E-state index is 0.108. The van der Waals surface area contributed by atoms with Gasteiger partial charge in [0.25, 0.3) is 0 Å². The molecule has 1 saturated heterocycles. The molecule has 1 aliphatic heterocycles. The number of hydrogen-bond donors (Lipinski definition) is 1. The molecule has 0 bridgehead atoms. The highest BCUT2D eigenvalue weighted by atomic mass is 16.5. The van der Waals surface area contributed by atoms with Gasteiger partial charge in [0.1, 0.15) is 0 Å². The molecule has 1 aliphatic rings. The molecule has 1 N–H and O–H groups in total. The van der Waals surface area contributed by atoms with Crippen molar-refractivity contribution < 1.29 is 19.0 Å². The highest BCUT2D eigenvalue weighted by Gasteiger charge is 2.15. The van der Waals surface area contributed by atoms with Crippen LogP contribution in [-0.4, -0.2) is 58.3 Å². The van der Waals surface area contributed by atoms with Crippen LogP contribution in [-0.2, 0) is 4.79 Å². The van der Waals surface area contributed by atoms with Crippen molar-refractivity contribution in [3.05, 3.63) is 23.8 Å². The van der Waals surface area contributed by atoms with Crippen LogP contribution in [0, 0.1) is 5.92 Å². The Balaban J connectivity index is 1.89. The minimum atomic E-state index is -0.108. The van der Waals surface area contributed by atoms with Gasteiger partial charge in [0, 0.05) is 25.7 Å². The molecule has 1 aromatic rings. The van der Waals surface area contributed by atoms with Crippen LogP contribution in [0.25, 0.3) is 6.08 Å². The van der Waals surface area contributed by atoms with Crippen molar-refractivity contribution in [2.45, 2.75) is 19.8 Å². The number of carbonyl (C=O) groups excluding carboxylic acids is 1. The van der Waals surface area contributed by atoms with Crippen molar-refractivity contribution in [2.24, 2.45) is 5.92 Å². The van der Waals surface area contributed by atoms with Crippen molar-refractivity contribution in [1.82, 2.24) is 10.2 Å². The van der Waals surface area contributed by atoms with E-state index in [1.165, 1.54) is 18.9 Å². The fourth-order valence-electron chi connectivity index (χ4n) is 3.26. The van der Waals surface area contributed by atoms with E-state index in [1.807, 2.05) is 0 Å². The monoisotopic (exact) mass is 362 g/mol. The Labute approximate surface area is 156 Å². The summed E-state index contributed by atoms with van der Waals surface area (Å²) in [4.78, 5) is 14.5. The standard InChI is InChI=1S/C20H30N2O4/c1-15-6-5-10-22(14-15)11-9-21-19(23)8-7-16-12-17(24-2)20(26-4)18(13-16)25-3/h7-8,12-13,15H,5-6,9-11,14H2,1-4H3,(H,21,23). The number of amides is 1. The van der Waals surface area contributed by atoms with Crippen LogP contribution in [0.3, 0.4) is 0 Å². The third-order valence-electron chi connectivity index (χ3n) is 4.58. The van der Waals surface area contributed by atoms with Crippen molar-refractivity contribution in [3.63, 3.8) is 0 Å². The summed E-state index contributed by atoms with van der Waals surface area (Å²) >= 11 is 0. The Morgan fingerprint density at radius 1 is 1.23 bits per heavy atom. The summed E-state index contributed by atoms with van der Waals surface area (Å²) in [6.07, 6.45) is 5.82. The molecule has 2 rings (SSSR count). The van der Waals surface area contributed by atoms with E-state index >= 15 is 0 Å². The average Bonchev–Trinajstić information content (AvgIpc) is 2.65. The van der Waals surface area contributed by atoms with E-state index in [9.17, 15) is 4.79 Å². The van der Waals surface area contributed by atoms with Crippen LogP contribution in [0.5, 0.6) is 17.2 Å². The van der Waals surface area contributed by atoms with Gasteiger partial charge in [-0.25, -0.2) is 0 Å². The molecule has 0 aliphatic carbocycles. The molecule has 26 heavy (non-hydrogen) atoms. The molecule has 144 valence electrons. The van der Waals surface area contributed by atoms with Crippen molar-refractivity contribution in [1.29, 1.82) is 0 Å². The second-order valence-corrected chi connectivity index (χ2v) is 6.63. The number of nitrogens with zero attached hydrogens (tertiary/aromatic N) is 1. The molecule has 1 atom stereocenters. The summed E-state index contributed by atoms with van der Waals surface area (Å²) in [7, 11) is 4.70. The van der Waals surface area contributed by atoms with E-state index in [2.05, 4.69) is 17.1 Å². The largest absolute Gasteiger partial charge is 0.493 e. The van der Waals surface area contributed by atoms with Gasteiger partial charge in [-0.1, -0.05) is 6.92 Å². The first-order chi connectivity index (χ1) is 12.6. The van der Waals surface area contributed by atoms with Crippen LogP contribution >= 0.6 is 0 Å². The Hall–Kier alpha value is -2.21. The lowest BCUT2D eigenvalue weighted by atomic mass is 10.0. The molecular formula is C20H30N2O4. The number of carbonyl (C=O) groups is 1. The maximum Gasteiger partial charge on any atom is 0.244 e. The lowest BCUT2D eigenvalue weighted by Gasteiger charge is -2.30. The van der Waals surface area contributed by atoms with Gasteiger partial charge < -0.3 is 24.4 Å². The number of hydrogen-bond acceptors (Lipinski definition) is 5. The van der Waals surface area contributed by atoms with Crippen molar-refractivity contribution in [3.8, 4) is 17.2 Å². The third-order valence-corrected chi connectivity index (χ3v) is 4.58. The summed E-state index contributed by atoms with van der Waals surface area (Å²) in [5, 5.41) is 2.94. The summed E-state index contributed by atoms with van der Waals surface area (Å²) < 4.78 is 15.9. The zero-order valence-corrected chi connectivity index (χ0v) is 16.2. The van der Waals surface area contributed by atoms with E-state index in [0.717, 1.165) is 31.1 Å². The average molecular weight is 362 g/mol. The second-order valence-electron chi connectivity index (χ2n) is 6.63. The Kier molecular flexibility index (Phi) is 7.78. The Bertz CT molecular complexity index is 605. The minimum Gasteiger partial charge on any atom is -0.493 e. The number of methoxy groups -OCH3 is 3. The summed E-state index contributed by atoms with van der Waals surface area (Å²) in [5.41, 5.74) is 0.805. The van der Waals surface area contributed by atoms with Gasteiger partial charge in [0.15, 0.2) is 11.5 Å². The van der Waals surface area contributed by atoms with Crippen LogP contribution in [0.15, 0.2) is 18.2 Å². The number of benzene rings is 1.